The predicted molar refractivity (Wildman–Crippen MR) is 263 cm³/mol. The number of benzene rings is 9. The average Bonchev–Trinajstić information content (AvgIpc) is 0.693. The van der Waals surface area contributed by atoms with Crippen molar-refractivity contribution >= 4 is 11.1 Å². The SMILES string of the molecule is Cc1c(F)c(C2(C)C(F)=C(c3c(F)c(-c4c(F)c(F)c(-c5c(F)c(F)c(F)c(F)c5F)c(F)c4F)c(F)c(-c4c(F)c(F)c(-c5c(F)c(F)c(F)c(F)c5F)c(F)c4F)c3F)C(F)=C(c3c(F)c(F)c(-c4c(F)c(F)c(F)c(F)c4F)c(F)c3F)C2F)c(F)c(F)c1-c1c(F)c(F)c(F)c(F)c1F. The molecule has 0 heterocycles. The Labute approximate surface area is 537 Å². The lowest BCUT2D eigenvalue weighted by molar-refractivity contribution is 0.237. The molecule has 0 N–H and O–H groups in total. The van der Waals surface area contributed by atoms with E-state index in [1.54, 1.807) is 0 Å². The van der Waals surface area contributed by atoms with E-state index in [1.165, 1.54) is 0 Å². The van der Waals surface area contributed by atoms with Crippen LogP contribution in [-0.2, 0) is 5.41 Å². The minimum Gasteiger partial charge on any atom is -0.241 e. The second kappa shape index (κ2) is 25.2. The van der Waals surface area contributed by atoms with E-state index in [-0.39, 0.29) is 6.92 Å². The molecular weight excluding hydrogens is 1520 g/mol. The second-order valence-electron chi connectivity index (χ2n) is 21.2. The number of hydrogen-bond acceptors (Lipinski definition) is 0. The largest absolute Gasteiger partial charge is 0.241 e. The number of allylic oxidation sites excluding steroid dienone is 4. The van der Waals surface area contributed by atoms with Crippen molar-refractivity contribution in [1.82, 2.24) is 0 Å². The molecule has 41 heteroatoms. The van der Waals surface area contributed by atoms with Crippen molar-refractivity contribution in [1.29, 1.82) is 0 Å². The van der Waals surface area contributed by atoms with Crippen LogP contribution in [0.1, 0.15) is 29.2 Å². The fourth-order valence-electron chi connectivity index (χ4n) is 11.1. The Hall–Kier alpha value is -10.4. The van der Waals surface area contributed by atoms with Gasteiger partial charge in [-0.3, -0.25) is 0 Å². The minimum atomic E-state index is -5.55. The van der Waals surface area contributed by atoms with E-state index < -0.39 is 351 Å². The predicted octanol–water partition coefficient (Wildman–Crippen LogP) is 22.7. The van der Waals surface area contributed by atoms with Crippen LogP contribution in [0.15, 0.2) is 11.7 Å². The lowest BCUT2D eigenvalue weighted by Crippen LogP contribution is -2.42. The van der Waals surface area contributed by atoms with Gasteiger partial charge in [-0.2, -0.15) is 0 Å². The van der Waals surface area contributed by atoms with Crippen molar-refractivity contribution in [3.63, 3.8) is 0 Å². The van der Waals surface area contributed by atoms with Gasteiger partial charge >= 0.3 is 0 Å². The molecule has 103 heavy (non-hydrogen) atoms. The van der Waals surface area contributed by atoms with Crippen LogP contribution in [0.4, 0.5) is 180 Å². The Morgan fingerprint density at radius 3 is 0.583 bits per heavy atom. The Morgan fingerprint density at radius 2 is 0.350 bits per heavy atom. The summed E-state index contributed by atoms with van der Waals surface area (Å²) in [7, 11) is 0. The van der Waals surface area contributed by atoms with Crippen LogP contribution >= 0.6 is 0 Å². The lowest BCUT2D eigenvalue weighted by Gasteiger charge is -2.39. The fourth-order valence-corrected chi connectivity index (χ4v) is 11.1. The first-order valence-electron chi connectivity index (χ1n) is 26.1. The molecule has 10 rings (SSSR count). The van der Waals surface area contributed by atoms with Gasteiger partial charge in [0, 0.05) is 16.7 Å². The van der Waals surface area contributed by atoms with Crippen LogP contribution in [0, 0.1) is 228 Å². The molecule has 0 saturated heterocycles. The topological polar surface area (TPSA) is 0 Å². The molecule has 0 fully saturated rings. The summed E-state index contributed by atoms with van der Waals surface area (Å²) in [6, 6.07) is 0. The van der Waals surface area contributed by atoms with Crippen LogP contribution in [0.25, 0.3) is 77.9 Å². The summed E-state index contributed by atoms with van der Waals surface area (Å²) in [6.07, 6.45) is -5.30. The fraction of sp³-hybridized carbons (Fsp3) is 0.0645. The molecule has 0 aromatic heterocycles. The molecule has 9 aromatic rings. The van der Waals surface area contributed by atoms with Crippen molar-refractivity contribution < 1.29 is 180 Å². The molecule has 1 aliphatic carbocycles. The van der Waals surface area contributed by atoms with E-state index in [2.05, 4.69) is 0 Å². The van der Waals surface area contributed by atoms with Gasteiger partial charge in [0.1, 0.15) is 41.1 Å². The van der Waals surface area contributed by atoms with Gasteiger partial charge in [0.2, 0.25) is 23.3 Å². The molecule has 2 atom stereocenters. The zero-order chi connectivity index (χ0) is 77.6. The quantitative estimate of drug-likeness (QED) is 0.0768. The van der Waals surface area contributed by atoms with Gasteiger partial charge in [-0.15, -0.1) is 0 Å². The summed E-state index contributed by atoms with van der Waals surface area (Å²) in [4.78, 5) is 0. The normalized spacial score (nSPS) is 15.0. The van der Waals surface area contributed by atoms with Gasteiger partial charge in [0.15, 0.2) is 175 Å². The first-order valence-corrected chi connectivity index (χ1v) is 26.1. The smallest absolute Gasteiger partial charge is 0.200 e. The van der Waals surface area contributed by atoms with E-state index in [9.17, 15) is 52.7 Å². The van der Waals surface area contributed by atoms with Crippen LogP contribution in [0.5, 0.6) is 0 Å². The summed E-state index contributed by atoms with van der Waals surface area (Å²) in [5, 5.41) is 0. The molecule has 0 amide bonds. The Bertz CT molecular complexity index is 5090. The molecule has 9 aromatic carbocycles. The maximum absolute atomic E-state index is 18.4. The Balaban J connectivity index is 1.46. The molecule has 0 radical (unpaired) electrons. The van der Waals surface area contributed by atoms with Crippen LogP contribution < -0.4 is 0 Å². The van der Waals surface area contributed by atoms with Crippen molar-refractivity contribution in [2.75, 3.05) is 0 Å². The first kappa shape index (κ1) is 75.3. The van der Waals surface area contributed by atoms with Gasteiger partial charge in [0.05, 0.1) is 83.3 Å². The first-order chi connectivity index (χ1) is 47.6. The molecule has 0 aliphatic heterocycles. The molecule has 0 spiro atoms. The van der Waals surface area contributed by atoms with Crippen molar-refractivity contribution in [2.45, 2.75) is 25.4 Å². The van der Waals surface area contributed by atoms with Crippen molar-refractivity contribution in [2.24, 2.45) is 0 Å². The lowest BCUT2D eigenvalue weighted by atomic mass is 9.66. The number of alkyl halides is 1. The number of halogens is 41. The standard InChI is InChI=1S/C62H7F41/c1-3-4(5-39(81)48(90)56(98)49(91)40(5)82)26(68)47(89)20(21(3)63)62(2)60(102)18(25(67)19(61(62)103)17-37(79)35(77)12(36(78)38(17)80)15-45(87)54(96)59(101)55(97)46(15)88)16-23(65)6(8-27(69)31(73)10(32(74)28(8)70)13-41(83)50(92)57(99)51(93)42(13)84)22(64)7(24(16)66)9-29(71)33(75)11(34(76)30(9)72)14-43(85)52(94)58(100)53(95)44(14)86/h61H,1-2H3. The van der Waals surface area contributed by atoms with Gasteiger partial charge in [-0.1, -0.05) is 0 Å². The number of hydrogen-bond donors (Lipinski definition) is 0. The van der Waals surface area contributed by atoms with Gasteiger partial charge in [0.25, 0.3) is 0 Å². The van der Waals surface area contributed by atoms with Gasteiger partial charge in [-0.25, -0.2) is 180 Å². The molecular formula is C62H7F41. The second-order valence-corrected chi connectivity index (χ2v) is 21.2. The van der Waals surface area contributed by atoms with Crippen LogP contribution in [0.3, 0.4) is 0 Å². The summed E-state index contributed by atoms with van der Waals surface area (Å²) < 4.78 is 651. The van der Waals surface area contributed by atoms with E-state index in [0.29, 0.717) is 0 Å². The molecule has 0 bridgehead atoms. The third kappa shape index (κ3) is 9.97. The zero-order valence-corrected chi connectivity index (χ0v) is 47.6. The van der Waals surface area contributed by atoms with E-state index in [4.69, 9.17) is 0 Å². The highest BCUT2D eigenvalue weighted by molar-refractivity contribution is 5.98. The van der Waals surface area contributed by atoms with Crippen molar-refractivity contribution in [3.05, 3.63) is 255 Å². The average molecular weight is 1530 g/mol. The highest BCUT2D eigenvalue weighted by Gasteiger charge is 2.57. The van der Waals surface area contributed by atoms with Gasteiger partial charge in [-0.05, 0) is 19.4 Å². The van der Waals surface area contributed by atoms with E-state index >= 15 is 127 Å². The monoisotopic (exact) mass is 1530 g/mol. The van der Waals surface area contributed by atoms with Crippen LogP contribution in [0.2, 0.25) is 0 Å². The highest BCUT2D eigenvalue weighted by atomic mass is 19.2. The third-order valence-corrected chi connectivity index (χ3v) is 15.9. The summed E-state index contributed by atoms with van der Waals surface area (Å²) >= 11 is 0. The zero-order valence-electron chi connectivity index (χ0n) is 47.6. The van der Waals surface area contributed by atoms with Gasteiger partial charge < -0.3 is 0 Å². The molecule has 542 valence electrons. The molecule has 1 aliphatic rings. The van der Waals surface area contributed by atoms with E-state index in [0.717, 1.165) is 0 Å². The maximum atomic E-state index is 18.4. The Kier molecular flexibility index (Phi) is 18.4. The molecule has 2 unspecified atom stereocenters. The minimum absolute atomic E-state index is 0.287. The molecule has 0 nitrogen and oxygen atoms in total. The summed E-state index contributed by atoms with van der Waals surface area (Å²) in [5.74, 6) is -146. The Morgan fingerprint density at radius 1 is 0.184 bits per heavy atom. The summed E-state index contributed by atoms with van der Waals surface area (Å²) in [5.41, 5.74) is -66.9. The maximum Gasteiger partial charge on any atom is 0.200 e. The van der Waals surface area contributed by atoms with E-state index in [1.807, 2.05) is 0 Å². The highest BCUT2D eigenvalue weighted by Crippen LogP contribution is 2.60. The third-order valence-electron chi connectivity index (χ3n) is 15.9. The van der Waals surface area contributed by atoms with Crippen molar-refractivity contribution in [3.8, 4) is 66.8 Å². The number of rotatable bonds is 9. The molecule has 0 saturated carbocycles. The van der Waals surface area contributed by atoms with Crippen LogP contribution in [-0.4, -0.2) is 6.17 Å². The summed E-state index contributed by atoms with van der Waals surface area (Å²) in [6.45, 7) is -1.17.